The smallest absolute Gasteiger partial charge is 0.305 e. The van der Waals surface area contributed by atoms with E-state index in [1.54, 1.807) is 6.07 Å². The lowest BCUT2D eigenvalue weighted by molar-refractivity contribution is -0.385. The molecule has 0 spiro atoms. The number of pyridine rings is 1. The van der Waals surface area contributed by atoms with Gasteiger partial charge < -0.3 is 11.1 Å². The Morgan fingerprint density at radius 2 is 2.15 bits per heavy atom. The van der Waals surface area contributed by atoms with Crippen molar-refractivity contribution >= 4 is 11.5 Å². The average molecular weight is 275 g/mol. The Kier molecular flexibility index (Phi) is 4.48. The fourth-order valence-corrected chi connectivity index (χ4v) is 2.47. The summed E-state index contributed by atoms with van der Waals surface area (Å²) in [6.07, 6.45) is 5.29. The van der Waals surface area contributed by atoms with E-state index in [9.17, 15) is 10.1 Å². The Morgan fingerprint density at radius 1 is 1.40 bits per heavy atom. The molecule has 1 heterocycles. The molecule has 7 nitrogen and oxygen atoms in total. The van der Waals surface area contributed by atoms with Crippen LogP contribution in [0.3, 0.4) is 0 Å². The quantitative estimate of drug-likeness (QED) is 0.494. The highest BCUT2D eigenvalue weighted by molar-refractivity contribution is 5.50. The van der Waals surface area contributed by atoms with Gasteiger partial charge in [-0.2, -0.15) is 5.26 Å². The van der Waals surface area contributed by atoms with Crippen LogP contribution >= 0.6 is 0 Å². The Hall–Kier alpha value is -2.20. The van der Waals surface area contributed by atoms with Gasteiger partial charge in [-0.15, -0.1) is 0 Å². The van der Waals surface area contributed by atoms with Crippen LogP contribution in [0.25, 0.3) is 0 Å². The molecule has 0 aliphatic heterocycles. The normalized spacial score (nSPS) is 22.6. The number of hydrogen-bond acceptors (Lipinski definition) is 6. The zero-order chi connectivity index (χ0) is 14.5. The van der Waals surface area contributed by atoms with Crippen molar-refractivity contribution < 1.29 is 4.92 Å². The molecule has 0 amide bonds. The van der Waals surface area contributed by atoms with Crippen LogP contribution in [0, 0.1) is 21.4 Å². The summed E-state index contributed by atoms with van der Waals surface area (Å²) in [5, 5.41) is 22.9. The highest BCUT2D eigenvalue weighted by atomic mass is 16.6. The molecule has 1 aromatic heterocycles. The summed E-state index contributed by atoms with van der Waals surface area (Å²) in [5.41, 5.74) is 5.66. The molecular weight excluding hydrogens is 258 g/mol. The summed E-state index contributed by atoms with van der Waals surface area (Å²) < 4.78 is 0. The molecule has 1 aliphatic rings. The molecule has 1 aliphatic carbocycles. The molecule has 7 heteroatoms. The van der Waals surface area contributed by atoms with E-state index in [4.69, 9.17) is 11.0 Å². The SMILES string of the molecule is N#Cc1nc(NC2CCCCCC2N)ccc1[N+](=O)[O-]. The van der Waals surface area contributed by atoms with Crippen molar-refractivity contribution in [3.8, 4) is 6.07 Å². The number of nitrogens with one attached hydrogen (secondary N) is 1. The number of nitriles is 1. The topological polar surface area (TPSA) is 118 Å². The second kappa shape index (κ2) is 6.30. The molecule has 106 valence electrons. The van der Waals surface area contributed by atoms with Crippen molar-refractivity contribution in [2.75, 3.05) is 5.32 Å². The van der Waals surface area contributed by atoms with Gasteiger partial charge in [-0.1, -0.05) is 19.3 Å². The van der Waals surface area contributed by atoms with E-state index in [1.807, 2.05) is 0 Å². The molecule has 1 saturated carbocycles. The Bertz CT molecular complexity index is 540. The van der Waals surface area contributed by atoms with Crippen LogP contribution in [0.5, 0.6) is 0 Å². The van der Waals surface area contributed by atoms with Gasteiger partial charge in [0.25, 0.3) is 0 Å². The van der Waals surface area contributed by atoms with Crippen molar-refractivity contribution in [2.24, 2.45) is 5.73 Å². The Labute approximate surface area is 117 Å². The molecule has 3 N–H and O–H groups in total. The molecule has 1 fully saturated rings. The highest BCUT2D eigenvalue weighted by Crippen LogP contribution is 2.22. The minimum absolute atomic E-state index is 0.0417. The van der Waals surface area contributed by atoms with Gasteiger partial charge in [-0.3, -0.25) is 10.1 Å². The predicted octanol–water partition coefficient (Wildman–Crippen LogP) is 1.93. The number of nitrogens with two attached hydrogens (primary N) is 1. The third kappa shape index (κ3) is 3.22. The Balaban J connectivity index is 2.17. The molecule has 2 unspecified atom stereocenters. The van der Waals surface area contributed by atoms with Gasteiger partial charge in [0.1, 0.15) is 11.9 Å². The first kappa shape index (κ1) is 14.2. The van der Waals surface area contributed by atoms with Crippen LogP contribution in [-0.2, 0) is 0 Å². The third-order valence-corrected chi connectivity index (χ3v) is 3.58. The largest absolute Gasteiger partial charge is 0.366 e. The summed E-state index contributed by atoms with van der Waals surface area (Å²) in [5.74, 6) is 0.467. The van der Waals surface area contributed by atoms with Gasteiger partial charge in [0, 0.05) is 18.2 Å². The van der Waals surface area contributed by atoms with Gasteiger partial charge in [0.2, 0.25) is 5.69 Å². The van der Waals surface area contributed by atoms with Crippen molar-refractivity contribution in [3.63, 3.8) is 0 Å². The van der Waals surface area contributed by atoms with Crippen molar-refractivity contribution in [2.45, 2.75) is 44.2 Å². The third-order valence-electron chi connectivity index (χ3n) is 3.58. The molecule has 0 radical (unpaired) electrons. The van der Waals surface area contributed by atoms with Crippen LogP contribution in [0.2, 0.25) is 0 Å². The maximum Gasteiger partial charge on any atom is 0.305 e. The van der Waals surface area contributed by atoms with E-state index >= 15 is 0 Å². The number of hydrogen-bond donors (Lipinski definition) is 2. The van der Waals surface area contributed by atoms with Gasteiger partial charge >= 0.3 is 5.69 Å². The molecule has 0 saturated heterocycles. The lowest BCUT2D eigenvalue weighted by Gasteiger charge is -2.23. The number of anilines is 1. The van der Waals surface area contributed by atoms with E-state index in [2.05, 4.69) is 10.3 Å². The van der Waals surface area contributed by atoms with Crippen molar-refractivity contribution in [1.82, 2.24) is 4.98 Å². The second-order valence-corrected chi connectivity index (χ2v) is 4.99. The lowest BCUT2D eigenvalue weighted by Crippen LogP contribution is -2.39. The molecule has 20 heavy (non-hydrogen) atoms. The first-order chi connectivity index (χ1) is 9.61. The fourth-order valence-electron chi connectivity index (χ4n) is 2.47. The average Bonchev–Trinajstić information content (AvgIpc) is 2.64. The number of rotatable bonds is 3. The molecule has 0 bridgehead atoms. The van der Waals surface area contributed by atoms with Crippen LogP contribution in [0.15, 0.2) is 12.1 Å². The minimum atomic E-state index is -0.604. The molecular formula is C13H17N5O2. The van der Waals surface area contributed by atoms with Crippen LogP contribution < -0.4 is 11.1 Å². The maximum atomic E-state index is 10.8. The summed E-state index contributed by atoms with van der Waals surface area (Å²) in [7, 11) is 0. The van der Waals surface area contributed by atoms with E-state index in [1.165, 1.54) is 18.6 Å². The van der Waals surface area contributed by atoms with E-state index in [0.29, 0.717) is 5.82 Å². The first-order valence-corrected chi connectivity index (χ1v) is 6.69. The van der Waals surface area contributed by atoms with E-state index in [-0.39, 0.29) is 23.5 Å². The molecule has 2 atom stereocenters. The summed E-state index contributed by atoms with van der Waals surface area (Å²) in [6, 6.07) is 4.72. The molecule has 2 rings (SSSR count). The zero-order valence-corrected chi connectivity index (χ0v) is 11.1. The van der Waals surface area contributed by atoms with Crippen LogP contribution in [0.1, 0.15) is 37.8 Å². The predicted molar refractivity (Wildman–Crippen MR) is 74.1 cm³/mol. The van der Waals surface area contributed by atoms with Crippen molar-refractivity contribution in [3.05, 3.63) is 27.9 Å². The van der Waals surface area contributed by atoms with E-state index in [0.717, 1.165) is 25.7 Å². The van der Waals surface area contributed by atoms with Crippen molar-refractivity contribution in [1.29, 1.82) is 5.26 Å². The summed E-state index contributed by atoms with van der Waals surface area (Å²) >= 11 is 0. The van der Waals surface area contributed by atoms with Crippen LogP contribution in [0.4, 0.5) is 11.5 Å². The first-order valence-electron chi connectivity index (χ1n) is 6.69. The minimum Gasteiger partial charge on any atom is -0.366 e. The monoisotopic (exact) mass is 275 g/mol. The van der Waals surface area contributed by atoms with Gasteiger partial charge in [-0.25, -0.2) is 4.98 Å². The number of nitrogens with zero attached hydrogens (tertiary/aromatic N) is 3. The van der Waals surface area contributed by atoms with Crippen LogP contribution in [-0.4, -0.2) is 22.0 Å². The maximum absolute atomic E-state index is 10.8. The molecule has 1 aromatic rings. The summed E-state index contributed by atoms with van der Waals surface area (Å²) in [4.78, 5) is 14.2. The standard InChI is InChI=1S/C13H17N5O2/c14-8-11-12(18(19)20)6-7-13(17-11)16-10-5-3-1-2-4-9(10)15/h6-7,9-10H,1-5,15H2,(H,16,17). The summed E-state index contributed by atoms with van der Waals surface area (Å²) in [6.45, 7) is 0. The zero-order valence-electron chi connectivity index (χ0n) is 11.1. The van der Waals surface area contributed by atoms with E-state index < -0.39 is 4.92 Å². The Morgan fingerprint density at radius 3 is 2.85 bits per heavy atom. The second-order valence-electron chi connectivity index (χ2n) is 4.99. The molecule has 0 aromatic carbocycles. The number of nitro groups is 1. The fraction of sp³-hybridized carbons (Fsp3) is 0.538. The van der Waals surface area contributed by atoms with Gasteiger partial charge in [0.05, 0.1) is 4.92 Å². The lowest BCUT2D eigenvalue weighted by atomic mass is 10.0. The van der Waals surface area contributed by atoms with Gasteiger partial charge in [-0.05, 0) is 18.9 Å². The number of aromatic nitrogens is 1. The highest BCUT2D eigenvalue weighted by Gasteiger charge is 2.22. The van der Waals surface area contributed by atoms with Gasteiger partial charge in [0.15, 0.2) is 0 Å².